The van der Waals surface area contributed by atoms with Crippen molar-refractivity contribution in [3.63, 3.8) is 0 Å². The van der Waals surface area contributed by atoms with E-state index in [9.17, 15) is 14.0 Å². The lowest BCUT2D eigenvalue weighted by Crippen LogP contribution is -2.24. The quantitative estimate of drug-likeness (QED) is 0.617. The van der Waals surface area contributed by atoms with Crippen molar-refractivity contribution in [1.29, 1.82) is 0 Å². The van der Waals surface area contributed by atoms with Crippen LogP contribution in [-0.4, -0.2) is 18.4 Å². The zero-order valence-electron chi connectivity index (χ0n) is 15.9. The van der Waals surface area contributed by atoms with Crippen LogP contribution in [0.1, 0.15) is 27.9 Å². The van der Waals surface area contributed by atoms with Crippen LogP contribution in [0.4, 0.5) is 10.1 Å². The van der Waals surface area contributed by atoms with Gasteiger partial charge in [-0.25, -0.2) is 4.39 Å². The number of carbonyl (C=O) groups excluding carboxylic acids is 2. The maximum atomic E-state index is 13.9. The molecule has 1 aliphatic heterocycles. The summed E-state index contributed by atoms with van der Waals surface area (Å²) in [6.45, 7) is 0.558. The van der Waals surface area contributed by atoms with Gasteiger partial charge in [0, 0.05) is 23.4 Å². The van der Waals surface area contributed by atoms with Gasteiger partial charge in [-0.15, -0.1) is 0 Å². The fourth-order valence-electron chi connectivity index (χ4n) is 3.51. The smallest absolute Gasteiger partial charge is 0.251 e. The van der Waals surface area contributed by atoms with Crippen LogP contribution in [0.3, 0.4) is 0 Å². The first-order chi connectivity index (χ1) is 14.1. The number of hydrogen-bond acceptors (Lipinski definition) is 2. The van der Waals surface area contributed by atoms with Gasteiger partial charge in [0.25, 0.3) is 5.91 Å². The Bertz CT molecular complexity index is 1060. The summed E-state index contributed by atoms with van der Waals surface area (Å²) in [4.78, 5) is 23.7. The average molecular weight is 388 g/mol. The lowest BCUT2D eigenvalue weighted by atomic mass is 10.0. The van der Waals surface area contributed by atoms with E-state index in [4.69, 9.17) is 0 Å². The molecule has 3 aromatic rings. The Morgan fingerprint density at radius 2 is 1.83 bits per heavy atom. The number of halogens is 1. The van der Waals surface area contributed by atoms with Crippen LogP contribution in [0.5, 0.6) is 0 Å². The highest BCUT2D eigenvalue weighted by molar-refractivity contribution is 6.01. The summed E-state index contributed by atoms with van der Waals surface area (Å²) in [6.07, 6.45) is 1.94. The van der Waals surface area contributed by atoms with Crippen molar-refractivity contribution in [3.05, 3.63) is 89.2 Å². The van der Waals surface area contributed by atoms with Crippen LogP contribution < -0.4 is 10.6 Å². The molecule has 146 valence electrons. The van der Waals surface area contributed by atoms with E-state index in [1.54, 1.807) is 30.3 Å². The Morgan fingerprint density at radius 1 is 1.03 bits per heavy atom. The maximum Gasteiger partial charge on any atom is 0.251 e. The molecule has 3 aromatic carbocycles. The zero-order valence-corrected chi connectivity index (χ0v) is 15.9. The summed E-state index contributed by atoms with van der Waals surface area (Å²) in [7, 11) is 0. The summed E-state index contributed by atoms with van der Waals surface area (Å²) in [6, 6.07) is 19.8. The first-order valence-corrected chi connectivity index (χ1v) is 9.65. The predicted molar refractivity (Wildman–Crippen MR) is 111 cm³/mol. The molecule has 5 heteroatoms. The molecule has 2 amide bonds. The van der Waals surface area contributed by atoms with Gasteiger partial charge in [-0.3, -0.25) is 9.59 Å². The van der Waals surface area contributed by atoms with Gasteiger partial charge in [-0.05, 0) is 53.8 Å². The van der Waals surface area contributed by atoms with Crippen molar-refractivity contribution in [2.75, 3.05) is 11.9 Å². The highest BCUT2D eigenvalue weighted by atomic mass is 19.1. The number of benzene rings is 3. The first-order valence-electron chi connectivity index (χ1n) is 9.65. The third kappa shape index (κ3) is 4.35. The molecule has 1 heterocycles. The maximum absolute atomic E-state index is 13.9. The number of fused-ring (bicyclic) bond motifs is 1. The molecule has 0 spiro atoms. The molecule has 0 atom stereocenters. The molecule has 0 bridgehead atoms. The van der Waals surface area contributed by atoms with Crippen LogP contribution in [0.2, 0.25) is 0 Å². The van der Waals surface area contributed by atoms with Gasteiger partial charge in [0.05, 0.1) is 6.42 Å². The SMILES string of the molecule is O=C1Cc2cc(C(=O)NCCCc3ccc(-c4ccccc4F)cc3)ccc2N1. The number of amides is 2. The zero-order chi connectivity index (χ0) is 20.2. The van der Waals surface area contributed by atoms with E-state index in [2.05, 4.69) is 10.6 Å². The Morgan fingerprint density at radius 3 is 2.62 bits per heavy atom. The molecular weight excluding hydrogens is 367 g/mol. The van der Waals surface area contributed by atoms with Gasteiger partial charge >= 0.3 is 0 Å². The van der Waals surface area contributed by atoms with Gasteiger partial charge in [-0.2, -0.15) is 0 Å². The van der Waals surface area contributed by atoms with Crippen molar-refractivity contribution in [2.45, 2.75) is 19.3 Å². The minimum atomic E-state index is -0.227. The van der Waals surface area contributed by atoms with E-state index in [1.807, 2.05) is 30.3 Å². The second-order valence-electron chi connectivity index (χ2n) is 7.13. The number of nitrogens with one attached hydrogen (secondary N) is 2. The fraction of sp³-hybridized carbons (Fsp3) is 0.167. The molecule has 0 saturated carbocycles. The average Bonchev–Trinajstić information content (AvgIpc) is 3.11. The summed E-state index contributed by atoms with van der Waals surface area (Å²) in [5.41, 5.74) is 4.79. The van der Waals surface area contributed by atoms with E-state index >= 15 is 0 Å². The van der Waals surface area contributed by atoms with Crippen LogP contribution in [-0.2, 0) is 17.6 Å². The van der Waals surface area contributed by atoms with Gasteiger partial charge in [0.2, 0.25) is 5.91 Å². The van der Waals surface area contributed by atoms with Gasteiger partial charge in [0.15, 0.2) is 0 Å². The number of anilines is 1. The van der Waals surface area contributed by atoms with Crippen molar-refractivity contribution >= 4 is 17.5 Å². The third-order valence-corrected chi connectivity index (χ3v) is 5.06. The number of carbonyl (C=O) groups is 2. The molecule has 0 aliphatic carbocycles. The molecule has 0 fully saturated rings. The van der Waals surface area contributed by atoms with Crippen molar-refractivity contribution in [3.8, 4) is 11.1 Å². The molecule has 0 aromatic heterocycles. The monoisotopic (exact) mass is 388 g/mol. The lowest BCUT2D eigenvalue weighted by Gasteiger charge is -2.08. The highest BCUT2D eigenvalue weighted by Crippen LogP contribution is 2.24. The molecule has 29 heavy (non-hydrogen) atoms. The minimum absolute atomic E-state index is 0.0430. The van der Waals surface area contributed by atoms with Gasteiger partial charge in [-0.1, -0.05) is 42.5 Å². The topological polar surface area (TPSA) is 58.2 Å². The fourth-order valence-corrected chi connectivity index (χ4v) is 3.51. The molecule has 4 nitrogen and oxygen atoms in total. The summed E-state index contributed by atoms with van der Waals surface area (Å²) in [5, 5.41) is 5.68. The van der Waals surface area contributed by atoms with Crippen molar-refractivity contribution in [1.82, 2.24) is 5.32 Å². The molecule has 0 unspecified atom stereocenters. The molecule has 1 aliphatic rings. The normalized spacial score (nSPS) is 12.4. The Hall–Kier alpha value is -3.47. The molecule has 2 N–H and O–H groups in total. The first kappa shape index (κ1) is 18.9. The third-order valence-electron chi connectivity index (χ3n) is 5.06. The standard InChI is InChI=1S/C24H21FN2O2/c25-21-6-2-1-5-20(21)17-9-7-16(8-10-17)4-3-13-26-24(29)18-11-12-22-19(14-18)15-23(28)27-22/h1-2,5-12,14H,3-4,13,15H2,(H,26,29)(H,27,28). The van der Waals surface area contributed by atoms with E-state index in [-0.39, 0.29) is 17.6 Å². The van der Waals surface area contributed by atoms with Crippen LogP contribution in [0.25, 0.3) is 11.1 Å². The molecular formula is C24H21FN2O2. The van der Waals surface area contributed by atoms with Crippen LogP contribution >= 0.6 is 0 Å². The lowest BCUT2D eigenvalue weighted by molar-refractivity contribution is -0.115. The number of rotatable bonds is 6. The van der Waals surface area contributed by atoms with Gasteiger partial charge in [0.1, 0.15) is 5.82 Å². The molecule has 0 saturated heterocycles. The number of hydrogen-bond donors (Lipinski definition) is 2. The van der Waals surface area contributed by atoms with E-state index in [0.717, 1.165) is 35.2 Å². The predicted octanol–water partition coefficient (Wildman–Crippen LogP) is 4.35. The second kappa shape index (κ2) is 8.27. The van der Waals surface area contributed by atoms with Crippen LogP contribution in [0.15, 0.2) is 66.7 Å². The molecule has 4 rings (SSSR count). The van der Waals surface area contributed by atoms with Crippen LogP contribution in [0, 0.1) is 5.82 Å². The van der Waals surface area contributed by atoms with Crippen molar-refractivity contribution in [2.24, 2.45) is 0 Å². The Labute approximate surface area is 168 Å². The molecule has 0 radical (unpaired) electrons. The summed E-state index contributed by atoms with van der Waals surface area (Å²) >= 11 is 0. The largest absolute Gasteiger partial charge is 0.352 e. The Kier molecular flexibility index (Phi) is 5.38. The highest BCUT2D eigenvalue weighted by Gasteiger charge is 2.18. The number of aryl methyl sites for hydroxylation is 1. The van der Waals surface area contributed by atoms with E-state index < -0.39 is 0 Å². The Balaban J connectivity index is 1.27. The van der Waals surface area contributed by atoms with E-state index in [1.165, 1.54) is 6.07 Å². The van der Waals surface area contributed by atoms with Gasteiger partial charge < -0.3 is 10.6 Å². The second-order valence-corrected chi connectivity index (χ2v) is 7.13. The van der Waals surface area contributed by atoms with Crippen molar-refractivity contribution < 1.29 is 14.0 Å². The summed E-state index contributed by atoms with van der Waals surface area (Å²) < 4.78 is 13.9. The minimum Gasteiger partial charge on any atom is -0.352 e. The summed E-state index contributed by atoms with van der Waals surface area (Å²) in [5.74, 6) is -0.407. The van der Waals surface area contributed by atoms with E-state index in [0.29, 0.717) is 24.1 Å².